The Morgan fingerprint density at radius 2 is 2.14 bits per heavy atom. The molecular weight excluding hydrogens is 268 g/mol. The van der Waals surface area contributed by atoms with E-state index in [-0.39, 0.29) is 30.3 Å². The average Bonchev–Trinajstić information content (AvgIpc) is 2.51. The Balaban J connectivity index is 1.82. The van der Waals surface area contributed by atoms with Crippen molar-refractivity contribution in [3.63, 3.8) is 0 Å². The summed E-state index contributed by atoms with van der Waals surface area (Å²) < 4.78 is 5.66. The molecule has 112 valence electrons. The Bertz CT molecular complexity index is 558. The standard InChI is InChI=1S/C16H20N2O3/c1-2-13-16(20)17-9-15(19)18(13)10-11-7-8-21-14-6-4-3-5-12(11)14/h3-6,11,13H,2,7-10H2,1H3,(H,17,20). The van der Waals surface area contributed by atoms with Gasteiger partial charge in [-0.05, 0) is 24.5 Å². The van der Waals surface area contributed by atoms with E-state index in [1.165, 1.54) is 0 Å². The molecule has 2 aliphatic rings. The minimum atomic E-state index is -0.346. The van der Waals surface area contributed by atoms with Gasteiger partial charge >= 0.3 is 0 Å². The van der Waals surface area contributed by atoms with Crippen LogP contribution in [0.15, 0.2) is 24.3 Å². The highest BCUT2D eigenvalue weighted by Gasteiger charge is 2.35. The lowest BCUT2D eigenvalue weighted by molar-refractivity contribution is -0.146. The summed E-state index contributed by atoms with van der Waals surface area (Å²) in [4.78, 5) is 25.9. The summed E-state index contributed by atoms with van der Waals surface area (Å²) in [7, 11) is 0. The van der Waals surface area contributed by atoms with Crippen LogP contribution in [0.25, 0.3) is 0 Å². The predicted molar refractivity (Wildman–Crippen MR) is 78.1 cm³/mol. The summed E-state index contributed by atoms with van der Waals surface area (Å²) in [6, 6.07) is 7.61. The molecule has 1 aromatic rings. The van der Waals surface area contributed by atoms with Crippen molar-refractivity contribution in [2.45, 2.75) is 31.7 Å². The van der Waals surface area contributed by atoms with Crippen molar-refractivity contribution in [2.24, 2.45) is 0 Å². The molecule has 0 aromatic heterocycles. The SMILES string of the molecule is CCC1C(=O)NCC(=O)N1CC1CCOc2ccccc21. The molecule has 1 fully saturated rings. The van der Waals surface area contributed by atoms with Gasteiger partial charge in [0, 0.05) is 12.5 Å². The second kappa shape index (κ2) is 5.76. The molecule has 0 aliphatic carbocycles. The van der Waals surface area contributed by atoms with Crippen LogP contribution in [0.3, 0.4) is 0 Å². The largest absolute Gasteiger partial charge is 0.493 e. The van der Waals surface area contributed by atoms with Gasteiger partial charge in [0.05, 0.1) is 13.2 Å². The summed E-state index contributed by atoms with van der Waals surface area (Å²) in [5.74, 6) is 1.09. The van der Waals surface area contributed by atoms with Crippen LogP contribution in [0.2, 0.25) is 0 Å². The highest BCUT2D eigenvalue weighted by molar-refractivity contribution is 5.94. The average molecular weight is 288 g/mol. The van der Waals surface area contributed by atoms with Crippen LogP contribution >= 0.6 is 0 Å². The zero-order valence-corrected chi connectivity index (χ0v) is 12.2. The van der Waals surface area contributed by atoms with E-state index in [0.29, 0.717) is 19.6 Å². The second-order valence-corrected chi connectivity index (χ2v) is 5.56. The molecule has 3 rings (SSSR count). The van der Waals surface area contributed by atoms with E-state index in [1.54, 1.807) is 4.90 Å². The van der Waals surface area contributed by atoms with Gasteiger partial charge in [-0.15, -0.1) is 0 Å². The first-order chi connectivity index (χ1) is 10.2. The molecule has 2 aliphatic heterocycles. The van der Waals surface area contributed by atoms with Crippen molar-refractivity contribution in [3.8, 4) is 5.75 Å². The maximum Gasteiger partial charge on any atom is 0.243 e. The second-order valence-electron chi connectivity index (χ2n) is 5.56. The van der Waals surface area contributed by atoms with Crippen LogP contribution in [-0.4, -0.2) is 42.5 Å². The number of piperazine rings is 1. The minimum absolute atomic E-state index is 0.00502. The van der Waals surface area contributed by atoms with Gasteiger partial charge in [-0.2, -0.15) is 0 Å². The van der Waals surface area contributed by atoms with Crippen molar-refractivity contribution in [2.75, 3.05) is 19.7 Å². The van der Waals surface area contributed by atoms with Gasteiger partial charge in [0.1, 0.15) is 11.8 Å². The lowest BCUT2D eigenvalue weighted by Gasteiger charge is -2.38. The maximum atomic E-state index is 12.2. The highest BCUT2D eigenvalue weighted by Crippen LogP contribution is 2.34. The summed E-state index contributed by atoms with van der Waals surface area (Å²) in [5.41, 5.74) is 1.14. The minimum Gasteiger partial charge on any atom is -0.493 e. The van der Waals surface area contributed by atoms with Gasteiger partial charge in [0.25, 0.3) is 0 Å². The first-order valence-electron chi connectivity index (χ1n) is 7.49. The zero-order valence-electron chi connectivity index (χ0n) is 12.2. The number of benzene rings is 1. The lowest BCUT2D eigenvalue weighted by Crippen LogP contribution is -2.59. The Morgan fingerprint density at radius 1 is 1.33 bits per heavy atom. The van der Waals surface area contributed by atoms with E-state index in [4.69, 9.17) is 4.74 Å². The van der Waals surface area contributed by atoms with Crippen LogP contribution in [-0.2, 0) is 9.59 Å². The summed E-state index contributed by atoms with van der Waals surface area (Å²) in [6.45, 7) is 3.30. The van der Waals surface area contributed by atoms with Gasteiger partial charge in [0.2, 0.25) is 11.8 Å². The first kappa shape index (κ1) is 13.9. The molecule has 5 nitrogen and oxygen atoms in total. The number of fused-ring (bicyclic) bond motifs is 1. The van der Waals surface area contributed by atoms with E-state index in [0.717, 1.165) is 17.7 Å². The Labute approximate surface area is 124 Å². The van der Waals surface area contributed by atoms with Crippen molar-refractivity contribution in [3.05, 3.63) is 29.8 Å². The number of para-hydroxylation sites is 1. The van der Waals surface area contributed by atoms with Gasteiger partial charge in [0.15, 0.2) is 0 Å². The number of hydrogen-bond acceptors (Lipinski definition) is 3. The summed E-state index contributed by atoms with van der Waals surface area (Å²) in [5, 5.41) is 2.66. The number of nitrogens with zero attached hydrogens (tertiary/aromatic N) is 1. The molecule has 5 heteroatoms. The number of nitrogens with one attached hydrogen (secondary N) is 1. The molecule has 2 atom stereocenters. The normalized spacial score (nSPS) is 25.1. The van der Waals surface area contributed by atoms with Crippen LogP contribution in [0, 0.1) is 0 Å². The van der Waals surface area contributed by atoms with Gasteiger partial charge in [-0.1, -0.05) is 25.1 Å². The number of hydrogen-bond donors (Lipinski definition) is 1. The highest BCUT2D eigenvalue weighted by atomic mass is 16.5. The summed E-state index contributed by atoms with van der Waals surface area (Å²) >= 11 is 0. The van der Waals surface area contributed by atoms with Crippen molar-refractivity contribution < 1.29 is 14.3 Å². The van der Waals surface area contributed by atoms with Crippen molar-refractivity contribution >= 4 is 11.8 Å². The molecule has 0 saturated carbocycles. The monoisotopic (exact) mass is 288 g/mol. The molecular formula is C16H20N2O3. The summed E-state index contributed by atoms with van der Waals surface area (Å²) in [6.07, 6.45) is 1.52. The number of amides is 2. The molecule has 0 bridgehead atoms. The number of carbonyl (C=O) groups excluding carboxylic acids is 2. The van der Waals surface area contributed by atoms with E-state index in [1.807, 2.05) is 25.1 Å². The number of ether oxygens (including phenoxy) is 1. The van der Waals surface area contributed by atoms with E-state index in [2.05, 4.69) is 11.4 Å². The predicted octanol–water partition coefficient (Wildman–Crippen LogP) is 1.29. The molecule has 2 unspecified atom stereocenters. The smallest absolute Gasteiger partial charge is 0.243 e. The van der Waals surface area contributed by atoms with Crippen LogP contribution in [0.4, 0.5) is 0 Å². The van der Waals surface area contributed by atoms with Gasteiger partial charge in [-0.25, -0.2) is 0 Å². The molecule has 0 spiro atoms. The third-order valence-corrected chi connectivity index (χ3v) is 4.30. The molecule has 2 amide bonds. The quantitative estimate of drug-likeness (QED) is 0.912. The van der Waals surface area contributed by atoms with E-state index < -0.39 is 0 Å². The van der Waals surface area contributed by atoms with Crippen LogP contribution in [0.1, 0.15) is 31.2 Å². The third-order valence-electron chi connectivity index (χ3n) is 4.30. The maximum absolute atomic E-state index is 12.2. The first-order valence-corrected chi connectivity index (χ1v) is 7.49. The van der Waals surface area contributed by atoms with Crippen LogP contribution in [0.5, 0.6) is 5.75 Å². The molecule has 1 aromatic carbocycles. The van der Waals surface area contributed by atoms with Crippen LogP contribution < -0.4 is 10.1 Å². The van der Waals surface area contributed by atoms with Gasteiger partial charge in [-0.3, -0.25) is 9.59 Å². The fourth-order valence-electron chi connectivity index (χ4n) is 3.18. The number of carbonyl (C=O) groups is 2. The zero-order chi connectivity index (χ0) is 14.8. The Kier molecular flexibility index (Phi) is 3.82. The molecule has 1 N–H and O–H groups in total. The fraction of sp³-hybridized carbons (Fsp3) is 0.500. The topological polar surface area (TPSA) is 58.6 Å². The Hall–Kier alpha value is -2.04. The molecule has 21 heavy (non-hydrogen) atoms. The fourth-order valence-corrected chi connectivity index (χ4v) is 3.18. The molecule has 0 radical (unpaired) electrons. The molecule has 2 heterocycles. The number of rotatable bonds is 3. The van der Waals surface area contributed by atoms with Crippen molar-refractivity contribution in [1.82, 2.24) is 10.2 Å². The third kappa shape index (κ3) is 2.60. The van der Waals surface area contributed by atoms with E-state index >= 15 is 0 Å². The lowest BCUT2D eigenvalue weighted by atomic mass is 9.91. The Morgan fingerprint density at radius 3 is 2.95 bits per heavy atom. The van der Waals surface area contributed by atoms with E-state index in [9.17, 15) is 9.59 Å². The van der Waals surface area contributed by atoms with Gasteiger partial charge < -0.3 is 15.0 Å². The molecule has 1 saturated heterocycles. The van der Waals surface area contributed by atoms with Crippen molar-refractivity contribution in [1.29, 1.82) is 0 Å².